The molecule has 0 spiro atoms. The van der Waals surface area contributed by atoms with Gasteiger partial charge in [0.05, 0.1) is 0 Å². The lowest BCUT2D eigenvalue weighted by molar-refractivity contribution is -0.166. The molecule has 0 aromatic heterocycles. The maximum absolute atomic E-state index is 13.3. The third kappa shape index (κ3) is 4.62. The van der Waals surface area contributed by atoms with Crippen LogP contribution < -0.4 is 5.32 Å². The first-order valence-corrected chi connectivity index (χ1v) is 9.29. The molecule has 142 valence electrons. The van der Waals surface area contributed by atoms with Gasteiger partial charge in [-0.05, 0) is 56.4 Å². The van der Waals surface area contributed by atoms with Crippen molar-refractivity contribution in [2.24, 2.45) is 5.92 Å². The molecule has 0 bridgehead atoms. The van der Waals surface area contributed by atoms with Crippen LogP contribution in [-0.4, -0.2) is 36.6 Å². The number of allylic oxidation sites excluding steroid dienone is 1. The van der Waals surface area contributed by atoms with Crippen molar-refractivity contribution in [1.82, 2.24) is 5.32 Å². The van der Waals surface area contributed by atoms with E-state index in [1.165, 1.54) is 12.1 Å². The van der Waals surface area contributed by atoms with Crippen LogP contribution in [0.4, 0.5) is 4.39 Å². The fourth-order valence-corrected chi connectivity index (χ4v) is 3.31. The summed E-state index contributed by atoms with van der Waals surface area (Å²) in [5.74, 6) is -0.489. The van der Waals surface area contributed by atoms with Crippen LogP contribution in [0.5, 0.6) is 0 Å². The van der Waals surface area contributed by atoms with Gasteiger partial charge in [-0.2, -0.15) is 0 Å². The number of carbonyl (C=O) groups excluding carboxylic acids is 1. The van der Waals surface area contributed by atoms with E-state index in [9.17, 15) is 14.3 Å². The zero-order valence-electron chi connectivity index (χ0n) is 15.0. The summed E-state index contributed by atoms with van der Waals surface area (Å²) >= 11 is 0. The number of benzene rings is 1. The molecule has 1 amide bonds. The molecular weight excluding hydrogens is 337 g/mol. The van der Waals surface area contributed by atoms with Crippen molar-refractivity contribution in [2.45, 2.75) is 50.9 Å². The van der Waals surface area contributed by atoms with E-state index < -0.39 is 6.29 Å². The molecule has 2 aliphatic rings. The number of hydrogen-bond donors (Lipinski definition) is 2. The van der Waals surface area contributed by atoms with Crippen LogP contribution in [0.1, 0.15) is 44.1 Å². The first-order valence-electron chi connectivity index (χ1n) is 9.29. The molecule has 26 heavy (non-hydrogen) atoms. The molecule has 2 N–H and O–H groups in total. The van der Waals surface area contributed by atoms with Crippen LogP contribution >= 0.6 is 0 Å². The number of aliphatic hydroxyl groups is 1. The van der Waals surface area contributed by atoms with Crippen molar-refractivity contribution in [3.8, 4) is 0 Å². The predicted octanol–water partition coefficient (Wildman–Crippen LogP) is 2.85. The fourth-order valence-electron chi connectivity index (χ4n) is 3.31. The van der Waals surface area contributed by atoms with E-state index in [-0.39, 0.29) is 42.0 Å². The lowest BCUT2D eigenvalue weighted by Crippen LogP contribution is -2.39. The molecule has 1 saturated carbocycles. The minimum Gasteiger partial charge on any atom is -0.459 e. The topological polar surface area (TPSA) is 67.8 Å². The maximum atomic E-state index is 13.3. The second-order valence-electron chi connectivity index (χ2n) is 6.83. The highest BCUT2D eigenvalue weighted by atomic mass is 19.1. The minimum atomic E-state index is -0.577. The molecule has 0 radical (unpaired) electrons. The number of halogens is 1. The molecule has 3 atom stereocenters. The summed E-state index contributed by atoms with van der Waals surface area (Å²) in [5, 5.41) is 12.2. The quantitative estimate of drug-likeness (QED) is 0.745. The molecule has 5 nitrogen and oxygen atoms in total. The third-order valence-electron chi connectivity index (χ3n) is 4.80. The van der Waals surface area contributed by atoms with Crippen molar-refractivity contribution in [1.29, 1.82) is 0 Å². The van der Waals surface area contributed by atoms with Crippen molar-refractivity contribution in [3.05, 3.63) is 47.5 Å². The molecule has 1 aliphatic carbocycles. The van der Waals surface area contributed by atoms with Gasteiger partial charge < -0.3 is 19.9 Å². The van der Waals surface area contributed by atoms with Crippen LogP contribution in [0, 0.1) is 11.7 Å². The molecule has 1 heterocycles. The van der Waals surface area contributed by atoms with E-state index >= 15 is 0 Å². The standard InChI is InChI=1S/C20H26FNO4/c1-2-25-20-16(4-3-11-23)17(13-5-7-14(21)8-6-13)12-18(26-20)19(24)22-15-9-10-15/h5-8,12,15-17,20,23H,2-4,9-11H2,1H3,(H,22,24)/t16-,17-,20-/m1/s1. The third-order valence-corrected chi connectivity index (χ3v) is 4.80. The number of nitrogens with one attached hydrogen (secondary N) is 1. The summed E-state index contributed by atoms with van der Waals surface area (Å²) in [6.07, 6.45) is 4.50. The van der Waals surface area contributed by atoms with E-state index in [4.69, 9.17) is 9.47 Å². The fraction of sp³-hybridized carbons (Fsp3) is 0.550. The Hall–Kier alpha value is -1.92. The van der Waals surface area contributed by atoms with Crippen molar-refractivity contribution in [3.63, 3.8) is 0 Å². The second kappa shape index (κ2) is 8.64. The molecule has 1 fully saturated rings. The van der Waals surface area contributed by atoms with Gasteiger partial charge in [0.1, 0.15) is 5.82 Å². The first kappa shape index (κ1) is 18.9. The molecule has 1 aromatic rings. The zero-order valence-corrected chi connectivity index (χ0v) is 15.0. The smallest absolute Gasteiger partial charge is 0.286 e. The zero-order chi connectivity index (χ0) is 18.5. The summed E-state index contributed by atoms with van der Waals surface area (Å²) in [6.45, 7) is 2.40. The van der Waals surface area contributed by atoms with Gasteiger partial charge in [-0.15, -0.1) is 0 Å². The Labute approximate surface area is 153 Å². The number of carbonyl (C=O) groups is 1. The maximum Gasteiger partial charge on any atom is 0.286 e. The Kier molecular flexibility index (Phi) is 6.27. The predicted molar refractivity (Wildman–Crippen MR) is 94.7 cm³/mol. The van der Waals surface area contributed by atoms with Gasteiger partial charge in [0.2, 0.25) is 6.29 Å². The molecular formula is C20H26FNO4. The van der Waals surface area contributed by atoms with Crippen LogP contribution in [0.25, 0.3) is 0 Å². The molecule has 1 aliphatic heterocycles. The Bertz CT molecular complexity index is 642. The SMILES string of the molecule is CCO[C@@H]1OC(C(=O)NC2CC2)=C[C@H](c2ccc(F)cc2)[C@H]1CCCO. The average Bonchev–Trinajstić information content (AvgIpc) is 3.45. The number of ether oxygens (including phenoxy) is 2. The number of aliphatic hydroxyl groups excluding tert-OH is 1. The monoisotopic (exact) mass is 363 g/mol. The van der Waals surface area contributed by atoms with E-state index in [1.807, 2.05) is 13.0 Å². The van der Waals surface area contributed by atoms with Crippen molar-refractivity contribution >= 4 is 5.91 Å². The number of hydrogen-bond acceptors (Lipinski definition) is 4. The van der Waals surface area contributed by atoms with Crippen LogP contribution in [0.3, 0.4) is 0 Å². The van der Waals surface area contributed by atoms with E-state index in [0.29, 0.717) is 19.4 Å². The van der Waals surface area contributed by atoms with E-state index in [1.54, 1.807) is 12.1 Å². The van der Waals surface area contributed by atoms with Gasteiger partial charge in [-0.1, -0.05) is 12.1 Å². The summed E-state index contributed by atoms with van der Waals surface area (Å²) in [7, 11) is 0. The lowest BCUT2D eigenvalue weighted by Gasteiger charge is -2.37. The Balaban J connectivity index is 1.90. The largest absolute Gasteiger partial charge is 0.459 e. The average molecular weight is 363 g/mol. The van der Waals surface area contributed by atoms with Crippen molar-refractivity contribution < 1.29 is 23.8 Å². The number of amides is 1. The van der Waals surface area contributed by atoms with Crippen LogP contribution in [0.2, 0.25) is 0 Å². The molecule has 0 saturated heterocycles. The van der Waals surface area contributed by atoms with Gasteiger partial charge >= 0.3 is 0 Å². The highest BCUT2D eigenvalue weighted by Gasteiger charge is 2.38. The van der Waals surface area contributed by atoms with E-state index in [2.05, 4.69) is 5.32 Å². The summed E-state index contributed by atoms with van der Waals surface area (Å²) in [6, 6.07) is 6.53. The second-order valence-corrected chi connectivity index (χ2v) is 6.83. The molecule has 1 aromatic carbocycles. The lowest BCUT2D eigenvalue weighted by atomic mass is 9.80. The van der Waals surface area contributed by atoms with Crippen LogP contribution in [0.15, 0.2) is 36.1 Å². The Morgan fingerprint density at radius 2 is 2.08 bits per heavy atom. The highest BCUT2D eigenvalue weighted by Crippen LogP contribution is 2.39. The highest BCUT2D eigenvalue weighted by molar-refractivity contribution is 5.92. The first-order chi connectivity index (χ1) is 12.6. The van der Waals surface area contributed by atoms with Gasteiger partial charge in [-0.25, -0.2) is 4.39 Å². The number of rotatable bonds is 8. The summed E-state index contributed by atoms with van der Waals surface area (Å²) in [4.78, 5) is 12.5. The summed E-state index contributed by atoms with van der Waals surface area (Å²) in [5.41, 5.74) is 0.902. The summed E-state index contributed by atoms with van der Waals surface area (Å²) < 4.78 is 25.0. The van der Waals surface area contributed by atoms with Gasteiger partial charge in [0, 0.05) is 31.1 Å². The molecule has 6 heteroatoms. The Morgan fingerprint density at radius 1 is 1.35 bits per heavy atom. The van der Waals surface area contributed by atoms with Gasteiger partial charge in [-0.3, -0.25) is 4.79 Å². The normalized spacial score (nSPS) is 25.3. The van der Waals surface area contributed by atoms with Crippen LogP contribution in [-0.2, 0) is 14.3 Å². The van der Waals surface area contributed by atoms with Gasteiger partial charge in [0.25, 0.3) is 5.91 Å². The Morgan fingerprint density at radius 3 is 2.69 bits per heavy atom. The van der Waals surface area contributed by atoms with Crippen molar-refractivity contribution in [2.75, 3.05) is 13.2 Å². The minimum absolute atomic E-state index is 0.0648. The van der Waals surface area contributed by atoms with Gasteiger partial charge in [0.15, 0.2) is 5.76 Å². The molecule has 3 rings (SSSR count). The molecule has 0 unspecified atom stereocenters. The van der Waals surface area contributed by atoms with E-state index in [0.717, 1.165) is 18.4 Å².